The van der Waals surface area contributed by atoms with Gasteiger partial charge in [-0.3, -0.25) is 10.1 Å². The minimum absolute atomic E-state index is 0.271. The van der Waals surface area contributed by atoms with E-state index >= 15 is 0 Å². The number of thiazole rings is 1. The van der Waals surface area contributed by atoms with Crippen LogP contribution in [0, 0.1) is 6.92 Å². The monoisotopic (exact) mass is 362 g/mol. The van der Waals surface area contributed by atoms with Gasteiger partial charge in [-0.15, -0.1) is 0 Å². The van der Waals surface area contributed by atoms with Crippen LogP contribution in [-0.2, 0) is 0 Å². The van der Waals surface area contributed by atoms with E-state index in [1.807, 2.05) is 19.1 Å². The average Bonchev–Trinajstić information content (AvgIpc) is 2.94. The second kappa shape index (κ2) is 6.67. The van der Waals surface area contributed by atoms with Gasteiger partial charge in [-0.05, 0) is 24.6 Å². The summed E-state index contributed by atoms with van der Waals surface area (Å²) in [5.41, 5.74) is 2.07. The van der Waals surface area contributed by atoms with Crippen molar-refractivity contribution in [3.63, 3.8) is 0 Å². The zero-order valence-electron chi connectivity index (χ0n) is 13.3. The smallest absolute Gasteiger partial charge is 0.261 e. The number of para-hydroxylation sites is 1. The molecule has 0 atom stereocenters. The van der Waals surface area contributed by atoms with Gasteiger partial charge >= 0.3 is 0 Å². The number of fused-ring (bicyclic) bond motifs is 1. The first-order valence-corrected chi connectivity index (χ1v) is 8.32. The van der Waals surface area contributed by atoms with Gasteiger partial charge < -0.3 is 9.47 Å². The number of anilines is 1. The quantitative estimate of drug-likeness (QED) is 0.740. The molecule has 0 fully saturated rings. The summed E-state index contributed by atoms with van der Waals surface area (Å²) in [7, 11) is 3.10. The molecule has 0 radical (unpaired) electrons. The summed E-state index contributed by atoms with van der Waals surface area (Å²) in [6, 6.07) is 8.94. The minimum Gasteiger partial charge on any atom is -0.496 e. The molecular formula is C17H15ClN2O3S. The van der Waals surface area contributed by atoms with Crippen LogP contribution in [0.1, 0.15) is 15.9 Å². The van der Waals surface area contributed by atoms with Crippen molar-refractivity contribution >= 4 is 44.2 Å². The number of nitrogens with one attached hydrogen (secondary N) is 1. The van der Waals surface area contributed by atoms with E-state index in [1.54, 1.807) is 32.4 Å². The van der Waals surface area contributed by atoms with Crippen molar-refractivity contribution in [2.75, 3.05) is 19.5 Å². The van der Waals surface area contributed by atoms with Crippen LogP contribution < -0.4 is 14.8 Å². The number of hydrogen-bond donors (Lipinski definition) is 1. The summed E-state index contributed by atoms with van der Waals surface area (Å²) < 4.78 is 11.4. The molecule has 5 nitrogen and oxygen atoms in total. The Hall–Kier alpha value is -2.31. The first-order valence-electron chi connectivity index (χ1n) is 7.12. The second-order valence-electron chi connectivity index (χ2n) is 5.08. The summed E-state index contributed by atoms with van der Waals surface area (Å²) in [5, 5.41) is 3.78. The van der Waals surface area contributed by atoms with Crippen molar-refractivity contribution in [3.05, 3.63) is 46.5 Å². The van der Waals surface area contributed by atoms with Crippen molar-refractivity contribution in [1.82, 2.24) is 4.98 Å². The van der Waals surface area contributed by atoms with Gasteiger partial charge in [0, 0.05) is 6.07 Å². The van der Waals surface area contributed by atoms with Crippen molar-refractivity contribution in [1.29, 1.82) is 0 Å². The Morgan fingerprint density at radius 3 is 2.75 bits per heavy atom. The Kier molecular flexibility index (Phi) is 4.59. The molecule has 2 aromatic carbocycles. The number of aromatic nitrogens is 1. The molecule has 1 aromatic heterocycles. The number of halogens is 1. The molecule has 0 aliphatic carbocycles. The molecule has 3 rings (SSSR count). The molecule has 0 spiro atoms. The van der Waals surface area contributed by atoms with Crippen molar-refractivity contribution in [2.45, 2.75) is 6.92 Å². The van der Waals surface area contributed by atoms with Crippen LogP contribution in [0.15, 0.2) is 30.3 Å². The predicted octanol–water partition coefficient (Wildman–Crippen LogP) is 4.53. The lowest BCUT2D eigenvalue weighted by molar-refractivity contribution is 0.102. The molecule has 1 heterocycles. The molecule has 0 saturated heterocycles. The molecule has 1 amide bonds. The molecule has 7 heteroatoms. The lowest BCUT2D eigenvalue weighted by atomic mass is 10.1. The predicted molar refractivity (Wildman–Crippen MR) is 96.9 cm³/mol. The third-order valence-corrected chi connectivity index (χ3v) is 4.77. The lowest BCUT2D eigenvalue weighted by Crippen LogP contribution is -2.13. The molecule has 3 aromatic rings. The first kappa shape index (κ1) is 16.5. The number of rotatable bonds is 4. The Morgan fingerprint density at radius 2 is 2.04 bits per heavy atom. The fourth-order valence-electron chi connectivity index (χ4n) is 2.41. The number of benzene rings is 2. The number of nitrogens with zero attached hydrogens (tertiary/aromatic N) is 1. The highest BCUT2D eigenvalue weighted by Crippen LogP contribution is 2.35. The molecule has 24 heavy (non-hydrogen) atoms. The standard InChI is InChI=1S/C17H15ClN2O3S/c1-9-5-4-6-10(15(9)23-3)16(21)20-17-19-12-7-11(18)13(22-2)8-14(12)24-17/h4-8H,1-3H3,(H,19,20,21). The van der Waals surface area contributed by atoms with E-state index in [2.05, 4.69) is 10.3 Å². The second-order valence-corrected chi connectivity index (χ2v) is 6.52. The van der Waals surface area contributed by atoms with Crippen LogP contribution in [0.2, 0.25) is 5.02 Å². The highest BCUT2D eigenvalue weighted by molar-refractivity contribution is 7.22. The van der Waals surface area contributed by atoms with Gasteiger partial charge in [0.15, 0.2) is 5.13 Å². The van der Waals surface area contributed by atoms with Gasteiger partial charge in [0.2, 0.25) is 0 Å². The topological polar surface area (TPSA) is 60.5 Å². The van der Waals surface area contributed by atoms with E-state index in [0.717, 1.165) is 10.3 Å². The van der Waals surface area contributed by atoms with Gasteiger partial charge in [-0.2, -0.15) is 0 Å². The lowest BCUT2D eigenvalue weighted by Gasteiger charge is -2.10. The van der Waals surface area contributed by atoms with Gasteiger partial charge in [-0.1, -0.05) is 35.1 Å². The van der Waals surface area contributed by atoms with Gasteiger partial charge in [0.1, 0.15) is 11.5 Å². The highest BCUT2D eigenvalue weighted by atomic mass is 35.5. The number of ether oxygens (including phenoxy) is 2. The number of amides is 1. The molecule has 1 N–H and O–H groups in total. The summed E-state index contributed by atoms with van der Waals surface area (Å²) in [4.78, 5) is 16.9. The summed E-state index contributed by atoms with van der Waals surface area (Å²) >= 11 is 7.46. The fourth-order valence-corrected chi connectivity index (χ4v) is 3.51. The van der Waals surface area contributed by atoms with Crippen LogP contribution in [0.3, 0.4) is 0 Å². The number of carbonyl (C=O) groups is 1. The maximum Gasteiger partial charge on any atom is 0.261 e. The molecule has 0 aliphatic heterocycles. The molecule has 0 saturated carbocycles. The number of aryl methyl sites for hydroxylation is 1. The van der Waals surface area contributed by atoms with E-state index in [1.165, 1.54) is 11.3 Å². The maximum atomic E-state index is 12.5. The van der Waals surface area contributed by atoms with Crippen molar-refractivity contribution < 1.29 is 14.3 Å². The zero-order valence-corrected chi connectivity index (χ0v) is 14.9. The van der Waals surface area contributed by atoms with Crippen LogP contribution in [-0.4, -0.2) is 25.1 Å². The largest absolute Gasteiger partial charge is 0.496 e. The molecule has 0 unspecified atom stereocenters. The Bertz CT molecular complexity index is 924. The number of methoxy groups -OCH3 is 2. The van der Waals surface area contributed by atoms with Gasteiger partial charge in [-0.25, -0.2) is 4.98 Å². The normalized spacial score (nSPS) is 10.7. The molecular weight excluding hydrogens is 348 g/mol. The Balaban J connectivity index is 1.92. The van der Waals surface area contributed by atoms with Crippen molar-refractivity contribution in [2.24, 2.45) is 0 Å². The van der Waals surface area contributed by atoms with Crippen LogP contribution >= 0.6 is 22.9 Å². The summed E-state index contributed by atoms with van der Waals surface area (Å²) in [6.07, 6.45) is 0. The molecule has 124 valence electrons. The number of hydrogen-bond acceptors (Lipinski definition) is 5. The van der Waals surface area contributed by atoms with Crippen LogP contribution in [0.25, 0.3) is 10.2 Å². The fraction of sp³-hybridized carbons (Fsp3) is 0.176. The van der Waals surface area contributed by atoms with Gasteiger partial charge in [0.25, 0.3) is 5.91 Å². The van der Waals surface area contributed by atoms with E-state index in [-0.39, 0.29) is 5.91 Å². The molecule has 0 bridgehead atoms. The zero-order chi connectivity index (χ0) is 17.3. The van der Waals surface area contributed by atoms with E-state index < -0.39 is 0 Å². The van der Waals surface area contributed by atoms with Crippen LogP contribution in [0.4, 0.5) is 5.13 Å². The van der Waals surface area contributed by atoms with Gasteiger partial charge in [0.05, 0.1) is 35.0 Å². The summed E-state index contributed by atoms with van der Waals surface area (Å²) in [6.45, 7) is 1.89. The number of carbonyl (C=O) groups excluding carboxylic acids is 1. The Morgan fingerprint density at radius 1 is 1.25 bits per heavy atom. The summed E-state index contributed by atoms with van der Waals surface area (Å²) in [5.74, 6) is 0.861. The van der Waals surface area contributed by atoms with E-state index in [4.69, 9.17) is 21.1 Å². The Labute approximate surface area is 148 Å². The van der Waals surface area contributed by atoms with Crippen molar-refractivity contribution in [3.8, 4) is 11.5 Å². The van der Waals surface area contributed by atoms with E-state index in [0.29, 0.717) is 32.7 Å². The van der Waals surface area contributed by atoms with E-state index in [9.17, 15) is 4.79 Å². The average molecular weight is 363 g/mol. The third-order valence-electron chi connectivity index (χ3n) is 3.54. The minimum atomic E-state index is -0.271. The highest BCUT2D eigenvalue weighted by Gasteiger charge is 2.16. The first-order chi connectivity index (χ1) is 11.5. The van der Waals surface area contributed by atoms with Crippen LogP contribution in [0.5, 0.6) is 11.5 Å². The SMILES string of the molecule is COc1cc2sc(NC(=O)c3cccc(C)c3OC)nc2cc1Cl. The maximum absolute atomic E-state index is 12.5. The third kappa shape index (κ3) is 3.02. The molecule has 0 aliphatic rings.